The highest BCUT2D eigenvalue weighted by atomic mass is 15.4. The van der Waals surface area contributed by atoms with E-state index in [0.29, 0.717) is 5.69 Å². The molecule has 0 unspecified atom stereocenters. The van der Waals surface area contributed by atoms with Crippen molar-refractivity contribution in [1.29, 1.82) is 5.26 Å². The van der Waals surface area contributed by atoms with Crippen molar-refractivity contribution in [2.75, 3.05) is 0 Å². The van der Waals surface area contributed by atoms with Crippen LogP contribution in [0.2, 0.25) is 0 Å². The summed E-state index contributed by atoms with van der Waals surface area (Å²) in [5.74, 6) is 0. The summed E-state index contributed by atoms with van der Waals surface area (Å²) in [5, 5.41) is 17.0. The minimum absolute atomic E-state index is 0.508. The Morgan fingerprint density at radius 1 is 1.12 bits per heavy atom. The fourth-order valence-corrected chi connectivity index (χ4v) is 1.88. The van der Waals surface area contributed by atoms with Gasteiger partial charge in [-0.15, -0.1) is 5.10 Å². The SMILES string of the molecule is CCCCCCn1nnc(C#N)c1CCCC. The van der Waals surface area contributed by atoms with E-state index in [0.717, 1.165) is 37.9 Å². The maximum atomic E-state index is 8.97. The molecular formula is C13H22N4. The molecule has 1 rings (SSSR count). The van der Waals surface area contributed by atoms with Crippen LogP contribution in [0.3, 0.4) is 0 Å². The number of unbranched alkanes of at least 4 members (excludes halogenated alkanes) is 4. The highest BCUT2D eigenvalue weighted by Crippen LogP contribution is 2.10. The molecule has 94 valence electrons. The third-order valence-corrected chi connectivity index (χ3v) is 2.93. The van der Waals surface area contributed by atoms with Gasteiger partial charge in [-0.1, -0.05) is 44.7 Å². The van der Waals surface area contributed by atoms with Gasteiger partial charge in [-0.25, -0.2) is 4.68 Å². The molecule has 17 heavy (non-hydrogen) atoms. The van der Waals surface area contributed by atoms with Crippen LogP contribution < -0.4 is 0 Å². The largest absolute Gasteiger partial charge is 0.248 e. The van der Waals surface area contributed by atoms with Crippen molar-refractivity contribution in [3.63, 3.8) is 0 Å². The zero-order chi connectivity index (χ0) is 12.5. The topological polar surface area (TPSA) is 54.5 Å². The number of hydrogen-bond donors (Lipinski definition) is 0. The monoisotopic (exact) mass is 234 g/mol. The maximum absolute atomic E-state index is 8.97. The average Bonchev–Trinajstić information content (AvgIpc) is 2.74. The van der Waals surface area contributed by atoms with Gasteiger partial charge in [0.1, 0.15) is 6.07 Å². The second-order valence-electron chi connectivity index (χ2n) is 4.38. The van der Waals surface area contributed by atoms with Crippen LogP contribution in [-0.2, 0) is 13.0 Å². The van der Waals surface area contributed by atoms with Gasteiger partial charge in [0.25, 0.3) is 0 Å². The van der Waals surface area contributed by atoms with Crippen LogP contribution in [0.5, 0.6) is 0 Å². The highest BCUT2D eigenvalue weighted by molar-refractivity contribution is 5.24. The summed E-state index contributed by atoms with van der Waals surface area (Å²) in [5.41, 5.74) is 1.53. The Balaban J connectivity index is 2.57. The Labute approximate surface area is 104 Å². The van der Waals surface area contributed by atoms with E-state index >= 15 is 0 Å². The first-order valence-corrected chi connectivity index (χ1v) is 6.65. The Kier molecular flexibility index (Phi) is 6.31. The second-order valence-corrected chi connectivity index (χ2v) is 4.38. The van der Waals surface area contributed by atoms with Crippen molar-refractivity contribution in [2.45, 2.75) is 65.3 Å². The number of rotatable bonds is 8. The Hall–Kier alpha value is -1.37. The Morgan fingerprint density at radius 2 is 1.88 bits per heavy atom. The van der Waals surface area contributed by atoms with Crippen molar-refractivity contribution < 1.29 is 0 Å². The molecule has 1 aromatic heterocycles. The van der Waals surface area contributed by atoms with Gasteiger partial charge in [-0.3, -0.25) is 0 Å². The molecule has 1 aromatic rings. The second kappa shape index (κ2) is 7.83. The van der Waals surface area contributed by atoms with Crippen LogP contribution in [-0.4, -0.2) is 15.0 Å². The average molecular weight is 234 g/mol. The van der Waals surface area contributed by atoms with Crippen LogP contribution in [0.25, 0.3) is 0 Å². The van der Waals surface area contributed by atoms with Gasteiger partial charge in [-0.05, 0) is 19.3 Å². The smallest absolute Gasteiger partial charge is 0.185 e. The van der Waals surface area contributed by atoms with Crippen molar-refractivity contribution in [3.05, 3.63) is 11.4 Å². The lowest BCUT2D eigenvalue weighted by molar-refractivity contribution is 0.508. The van der Waals surface area contributed by atoms with Crippen molar-refractivity contribution in [2.24, 2.45) is 0 Å². The number of nitriles is 1. The summed E-state index contributed by atoms with van der Waals surface area (Å²) in [6.45, 7) is 5.26. The third kappa shape index (κ3) is 4.18. The van der Waals surface area contributed by atoms with Crippen LogP contribution in [0.1, 0.15) is 63.8 Å². The van der Waals surface area contributed by atoms with E-state index in [2.05, 4.69) is 30.2 Å². The molecule has 0 aliphatic carbocycles. The van der Waals surface area contributed by atoms with Gasteiger partial charge in [-0.2, -0.15) is 5.26 Å². The van der Waals surface area contributed by atoms with E-state index in [1.165, 1.54) is 19.3 Å². The summed E-state index contributed by atoms with van der Waals surface area (Å²) in [7, 11) is 0. The summed E-state index contributed by atoms with van der Waals surface area (Å²) in [6.07, 6.45) is 8.00. The molecule has 0 radical (unpaired) electrons. The molecule has 0 spiro atoms. The molecule has 0 saturated heterocycles. The third-order valence-electron chi connectivity index (χ3n) is 2.93. The molecule has 0 saturated carbocycles. The minimum atomic E-state index is 0.508. The van der Waals surface area contributed by atoms with Crippen molar-refractivity contribution in [1.82, 2.24) is 15.0 Å². The molecule has 4 nitrogen and oxygen atoms in total. The normalized spacial score (nSPS) is 10.4. The zero-order valence-corrected chi connectivity index (χ0v) is 10.9. The van der Waals surface area contributed by atoms with E-state index < -0.39 is 0 Å². The number of aryl methyl sites for hydroxylation is 1. The van der Waals surface area contributed by atoms with Gasteiger partial charge in [0, 0.05) is 6.54 Å². The van der Waals surface area contributed by atoms with Gasteiger partial charge >= 0.3 is 0 Å². The first-order valence-electron chi connectivity index (χ1n) is 6.65. The molecular weight excluding hydrogens is 212 g/mol. The maximum Gasteiger partial charge on any atom is 0.185 e. The van der Waals surface area contributed by atoms with Crippen molar-refractivity contribution >= 4 is 0 Å². The number of nitrogens with zero attached hydrogens (tertiary/aromatic N) is 4. The van der Waals surface area contributed by atoms with E-state index in [9.17, 15) is 0 Å². The van der Waals surface area contributed by atoms with E-state index in [4.69, 9.17) is 5.26 Å². The summed E-state index contributed by atoms with van der Waals surface area (Å²) in [6, 6.07) is 2.13. The molecule has 0 aliphatic heterocycles. The quantitative estimate of drug-likeness (QED) is 0.649. The number of aromatic nitrogens is 3. The molecule has 0 amide bonds. The lowest BCUT2D eigenvalue weighted by Crippen LogP contribution is -2.06. The molecule has 0 bridgehead atoms. The van der Waals surface area contributed by atoms with Crippen LogP contribution in [0.4, 0.5) is 0 Å². The fraction of sp³-hybridized carbons (Fsp3) is 0.769. The van der Waals surface area contributed by atoms with Crippen molar-refractivity contribution in [3.8, 4) is 6.07 Å². The molecule has 0 aliphatic rings. The predicted molar refractivity (Wildman–Crippen MR) is 67.5 cm³/mol. The molecule has 4 heteroatoms. The number of hydrogen-bond acceptors (Lipinski definition) is 3. The lowest BCUT2D eigenvalue weighted by Gasteiger charge is -2.05. The zero-order valence-electron chi connectivity index (χ0n) is 10.9. The standard InChI is InChI=1S/C13H22N4/c1-3-5-7-8-10-17-13(9-6-4-2)12(11-14)15-16-17/h3-10H2,1-2H3. The highest BCUT2D eigenvalue weighted by Gasteiger charge is 2.11. The molecule has 0 fully saturated rings. The first-order chi connectivity index (χ1) is 8.33. The summed E-state index contributed by atoms with van der Waals surface area (Å²) in [4.78, 5) is 0. The Bertz CT molecular complexity index is 362. The van der Waals surface area contributed by atoms with E-state index in [1.54, 1.807) is 0 Å². The van der Waals surface area contributed by atoms with Gasteiger partial charge in [0.15, 0.2) is 5.69 Å². The first kappa shape index (κ1) is 13.7. The molecule has 0 aromatic carbocycles. The Morgan fingerprint density at radius 3 is 2.53 bits per heavy atom. The van der Waals surface area contributed by atoms with Gasteiger partial charge in [0.05, 0.1) is 5.69 Å². The lowest BCUT2D eigenvalue weighted by atomic mass is 10.1. The van der Waals surface area contributed by atoms with E-state index in [1.807, 2.05) is 4.68 Å². The van der Waals surface area contributed by atoms with Crippen LogP contribution >= 0.6 is 0 Å². The summed E-state index contributed by atoms with van der Waals surface area (Å²) >= 11 is 0. The predicted octanol–water partition coefficient (Wildman–Crippen LogP) is 3.07. The van der Waals surface area contributed by atoms with Gasteiger partial charge in [0.2, 0.25) is 0 Å². The van der Waals surface area contributed by atoms with Crippen LogP contribution in [0.15, 0.2) is 0 Å². The molecule has 1 heterocycles. The van der Waals surface area contributed by atoms with E-state index in [-0.39, 0.29) is 0 Å². The molecule has 0 atom stereocenters. The van der Waals surface area contributed by atoms with Crippen LogP contribution in [0, 0.1) is 11.3 Å². The minimum Gasteiger partial charge on any atom is -0.248 e. The van der Waals surface area contributed by atoms with Gasteiger partial charge < -0.3 is 0 Å². The fourth-order valence-electron chi connectivity index (χ4n) is 1.88. The molecule has 0 N–H and O–H groups in total. The summed E-state index contributed by atoms with van der Waals surface area (Å²) < 4.78 is 1.92.